The number of rotatable bonds is 9. The molecule has 1 atom stereocenters. The van der Waals surface area contributed by atoms with Gasteiger partial charge in [0.05, 0.1) is 44.5 Å². The average Bonchev–Trinajstić information content (AvgIpc) is 3.30. The number of esters is 1. The average molecular weight is 710 g/mol. The Morgan fingerprint density at radius 1 is 1.10 bits per heavy atom. The van der Waals surface area contributed by atoms with Crippen LogP contribution in [0, 0.1) is 0 Å². The van der Waals surface area contributed by atoms with Gasteiger partial charge in [-0.25, -0.2) is 9.79 Å². The van der Waals surface area contributed by atoms with E-state index in [9.17, 15) is 9.59 Å². The van der Waals surface area contributed by atoms with E-state index in [0.717, 1.165) is 25.6 Å². The summed E-state index contributed by atoms with van der Waals surface area (Å²) in [5.74, 6) is 0.769. The largest absolute Gasteiger partial charge is 0.497 e. The molecule has 0 aliphatic carbocycles. The zero-order chi connectivity index (χ0) is 29.8. The number of halogens is 2. The van der Waals surface area contributed by atoms with Gasteiger partial charge in [0.15, 0.2) is 4.80 Å². The standard InChI is InChI=1S/C32H26Br2N2O5S/c1-4-15-41-29-23(33)16-19(17-24(29)34)18-25-30(37)36-28(21-11-13-22(39-3)14-12-21)26(31(38)40-5-2)27(35-32(36)42-25)20-9-7-6-8-10-20/h4,6-14,16-18,28H,1,5,15H2,2-3H3/b25-18-/t28-/m0/s1. The van der Waals surface area contributed by atoms with Crippen molar-refractivity contribution in [3.05, 3.63) is 130 Å². The van der Waals surface area contributed by atoms with Gasteiger partial charge in [-0.05, 0) is 80.3 Å². The highest BCUT2D eigenvalue weighted by atomic mass is 79.9. The van der Waals surface area contributed by atoms with Crippen molar-refractivity contribution in [1.29, 1.82) is 0 Å². The Morgan fingerprint density at radius 2 is 1.79 bits per heavy atom. The highest BCUT2D eigenvalue weighted by Gasteiger charge is 2.35. The van der Waals surface area contributed by atoms with Gasteiger partial charge in [0.1, 0.15) is 18.1 Å². The minimum absolute atomic E-state index is 0.181. The van der Waals surface area contributed by atoms with Crippen molar-refractivity contribution < 1.29 is 19.0 Å². The van der Waals surface area contributed by atoms with E-state index < -0.39 is 12.0 Å². The summed E-state index contributed by atoms with van der Waals surface area (Å²) in [7, 11) is 1.59. The minimum Gasteiger partial charge on any atom is -0.497 e. The van der Waals surface area contributed by atoms with E-state index in [1.807, 2.05) is 54.6 Å². The molecule has 1 aliphatic heterocycles. The summed E-state index contributed by atoms with van der Waals surface area (Å²) in [6.07, 6.45) is 3.47. The highest BCUT2D eigenvalue weighted by molar-refractivity contribution is 9.11. The molecule has 0 N–H and O–H groups in total. The first-order valence-electron chi connectivity index (χ1n) is 13.0. The summed E-state index contributed by atoms with van der Waals surface area (Å²) in [4.78, 5) is 33.0. The maximum absolute atomic E-state index is 14.1. The summed E-state index contributed by atoms with van der Waals surface area (Å²) < 4.78 is 20.1. The third-order valence-corrected chi connectivity index (χ3v) is 8.63. The molecule has 3 aromatic carbocycles. The van der Waals surface area contributed by atoms with Crippen molar-refractivity contribution in [3.8, 4) is 11.5 Å². The number of carbonyl (C=O) groups excluding carboxylic acids is 1. The van der Waals surface area contributed by atoms with Crippen LogP contribution in [0.5, 0.6) is 11.5 Å². The Kier molecular flexibility index (Phi) is 9.25. The third-order valence-electron chi connectivity index (χ3n) is 6.47. The van der Waals surface area contributed by atoms with Gasteiger partial charge >= 0.3 is 5.97 Å². The molecule has 1 aliphatic rings. The van der Waals surface area contributed by atoms with Crippen LogP contribution in [0.2, 0.25) is 0 Å². The first-order valence-corrected chi connectivity index (χ1v) is 15.4. The molecule has 0 radical (unpaired) electrons. The van der Waals surface area contributed by atoms with E-state index in [2.05, 4.69) is 38.4 Å². The second-order valence-corrected chi connectivity index (χ2v) is 11.8. The topological polar surface area (TPSA) is 79.1 Å². The van der Waals surface area contributed by atoms with E-state index in [-0.39, 0.29) is 12.2 Å². The fraction of sp³-hybridized carbons (Fsp3) is 0.156. The molecule has 0 unspecified atom stereocenters. The second-order valence-electron chi connectivity index (χ2n) is 9.12. The first-order chi connectivity index (χ1) is 20.4. The number of fused-ring (bicyclic) bond motifs is 1. The summed E-state index contributed by atoms with van der Waals surface area (Å²) in [5.41, 5.74) is 2.74. The molecule has 5 rings (SSSR count). The molecular weight excluding hydrogens is 684 g/mol. The molecule has 0 amide bonds. The van der Waals surface area contributed by atoms with Crippen LogP contribution >= 0.6 is 43.2 Å². The number of ether oxygens (including phenoxy) is 3. The van der Waals surface area contributed by atoms with Gasteiger partial charge < -0.3 is 14.2 Å². The number of aromatic nitrogens is 1. The Morgan fingerprint density at radius 3 is 2.40 bits per heavy atom. The lowest BCUT2D eigenvalue weighted by atomic mass is 9.93. The molecule has 1 aromatic heterocycles. The molecule has 0 saturated carbocycles. The molecule has 0 fully saturated rings. The molecule has 42 heavy (non-hydrogen) atoms. The van der Waals surface area contributed by atoms with Gasteiger partial charge in [0, 0.05) is 5.56 Å². The molecule has 2 heterocycles. The Hall–Kier alpha value is -3.73. The van der Waals surface area contributed by atoms with Crippen molar-refractivity contribution in [1.82, 2.24) is 4.57 Å². The summed E-state index contributed by atoms with van der Waals surface area (Å²) >= 11 is 8.39. The number of carbonyl (C=O) groups is 1. The van der Waals surface area contributed by atoms with Gasteiger partial charge in [-0.15, -0.1) is 0 Å². The quantitative estimate of drug-likeness (QED) is 0.157. The molecule has 0 spiro atoms. The Bertz CT molecular complexity index is 1840. The Balaban J connectivity index is 1.76. The zero-order valence-electron chi connectivity index (χ0n) is 22.8. The van der Waals surface area contributed by atoms with Gasteiger partial charge in [-0.2, -0.15) is 0 Å². The number of thiazole rings is 1. The SMILES string of the molecule is C=CCOc1c(Br)cc(/C=c2\sc3n(c2=O)[C@@H](c2ccc(OC)cc2)C(C(=O)OCC)=C(c2ccccc2)N=3)cc1Br. The van der Waals surface area contributed by atoms with Crippen LogP contribution in [0.4, 0.5) is 0 Å². The van der Waals surface area contributed by atoms with Crippen LogP contribution in [-0.2, 0) is 9.53 Å². The zero-order valence-corrected chi connectivity index (χ0v) is 26.8. The predicted octanol–water partition coefficient (Wildman–Crippen LogP) is 6.03. The summed E-state index contributed by atoms with van der Waals surface area (Å²) in [5, 5.41) is 0. The van der Waals surface area contributed by atoms with E-state index in [0.29, 0.717) is 38.7 Å². The van der Waals surface area contributed by atoms with Crippen molar-refractivity contribution in [2.75, 3.05) is 20.3 Å². The van der Waals surface area contributed by atoms with Gasteiger partial charge in [0.25, 0.3) is 5.56 Å². The van der Waals surface area contributed by atoms with Crippen molar-refractivity contribution in [2.45, 2.75) is 13.0 Å². The summed E-state index contributed by atoms with van der Waals surface area (Å²) in [6.45, 7) is 5.98. The van der Waals surface area contributed by atoms with E-state index in [4.69, 9.17) is 19.2 Å². The molecular formula is C32H26Br2N2O5S. The van der Waals surface area contributed by atoms with Crippen LogP contribution in [0.3, 0.4) is 0 Å². The molecule has 4 aromatic rings. The smallest absolute Gasteiger partial charge is 0.338 e. The van der Waals surface area contributed by atoms with Crippen LogP contribution in [-0.4, -0.2) is 30.9 Å². The number of nitrogens with zero attached hydrogens (tertiary/aromatic N) is 2. The lowest BCUT2D eigenvalue weighted by Crippen LogP contribution is -2.40. The molecule has 214 valence electrons. The monoisotopic (exact) mass is 708 g/mol. The molecule has 0 bridgehead atoms. The highest BCUT2D eigenvalue weighted by Crippen LogP contribution is 2.37. The van der Waals surface area contributed by atoms with E-state index >= 15 is 0 Å². The van der Waals surface area contributed by atoms with Crippen LogP contribution in [0.15, 0.2) is 104 Å². The van der Waals surface area contributed by atoms with Crippen molar-refractivity contribution in [2.24, 2.45) is 4.99 Å². The fourth-order valence-corrected chi connectivity index (χ4v) is 7.09. The number of benzene rings is 3. The number of hydrogen-bond acceptors (Lipinski definition) is 7. The van der Waals surface area contributed by atoms with Crippen molar-refractivity contribution >= 4 is 60.9 Å². The first kappa shape index (κ1) is 29.8. The predicted molar refractivity (Wildman–Crippen MR) is 172 cm³/mol. The molecule has 10 heteroatoms. The Labute approximate surface area is 263 Å². The van der Waals surface area contributed by atoms with Gasteiger partial charge in [0.2, 0.25) is 0 Å². The van der Waals surface area contributed by atoms with Crippen LogP contribution in [0.1, 0.15) is 29.7 Å². The number of hydrogen-bond donors (Lipinski definition) is 0. The van der Waals surface area contributed by atoms with Crippen LogP contribution in [0.25, 0.3) is 11.8 Å². The van der Waals surface area contributed by atoms with Gasteiger partial charge in [-0.3, -0.25) is 9.36 Å². The lowest BCUT2D eigenvalue weighted by molar-refractivity contribution is -0.138. The lowest BCUT2D eigenvalue weighted by Gasteiger charge is -2.26. The second kappa shape index (κ2) is 13.1. The number of methoxy groups -OCH3 is 1. The maximum Gasteiger partial charge on any atom is 0.338 e. The third kappa shape index (κ3) is 5.92. The van der Waals surface area contributed by atoms with Crippen molar-refractivity contribution in [3.63, 3.8) is 0 Å². The van der Waals surface area contributed by atoms with Crippen LogP contribution < -0.4 is 24.4 Å². The van der Waals surface area contributed by atoms with E-state index in [1.165, 1.54) is 11.3 Å². The molecule has 0 saturated heterocycles. The van der Waals surface area contributed by atoms with Gasteiger partial charge in [-0.1, -0.05) is 66.5 Å². The minimum atomic E-state index is -0.767. The van der Waals surface area contributed by atoms with E-state index in [1.54, 1.807) is 42.9 Å². The summed E-state index contributed by atoms with van der Waals surface area (Å²) in [6, 6.07) is 19.8. The normalized spacial score (nSPS) is 14.7. The maximum atomic E-state index is 14.1. The fourth-order valence-electron chi connectivity index (χ4n) is 4.64. The molecule has 7 nitrogen and oxygen atoms in total.